The van der Waals surface area contributed by atoms with Gasteiger partial charge >= 0.3 is 0 Å². The summed E-state index contributed by atoms with van der Waals surface area (Å²) in [6.07, 6.45) is 4.92. The maximum atomic E-state index is 6.38. The molecule has 2 atom stereocenters. The van der Waals surface area contributed by atoms with Crippen LogP contribution in [-0.2, 0) is 6.54 Å². The Bertz CT molecular complexity index is 597. The molecule has 0 amide bonds. The van der Waals surface area contributed by atoms with E-state index >= 15 is 0 Å². The molecular formula is C16H27ClN4. The highest BCUT2D eigenvalue weighted by atomic mass is 35.5. The molecule has 0 saturated heterocycles. The van der Waals surface area contributed by atoms with Crippen LogP contribution in [0.15, 0.2) is 0 Å². The van der Waals surface area contributed by atoms with Crippen molar-refractivity contribution in [1.82, 2.24) is 19.3 Å². The third-order valence-electron chi connectivity index (χ3n) is 4.09. The average Bonchev–Trinajstić information content (AvgIpc) is 2.97. The van der Waals surface area contributed by atoms with Crippen molar-refractivity contribution in [3.8, 4) is 0 Å². The van der Waals surface area contributed by atoms with E-state index in [-0.39, 0.29) is 5.38 Å². The SMILES string of the molecule is CCCCCC(C)n1c(C(C)Cl)nc2c(C)nn(CC)c21. The highest BCUT2D eigenvalue weighted by Crippen LogP contribution is 2.31. The zero-order valence-corrected chi connectivity index (χ0v) is 14.6. The van der Waals surface area contributed by atoms with Crippen LogP contribution in [0.1, 0.15) is 76.3 Å². The van der Waals surface area contributed by atoms with Gasteiger partial charge in [-0.2, -0.15) is 5.10 Å². The largest absolute Gasteiger partial charge is 0.309 e. The van der Waals surface area contributed by atoms with E-state index in [4.69, 9.17) is 16.6 Å². The van der Waals surface area contributed by atoms with E-state index in [1.165, 1.54) is 19.3 Å². The summed E-state index contributed by atoms with van der Waals surface area (Å²) in [5.74, 6) is 0.971. The van der Waals surface area contributed by atoms with E-state index in [0.29, 0.717) is 6.04 Å². The van der Waals surface area contributed by atoms with Gasteiger partial charge in [0.05, 0.1) is 11.1 Å². The molecule has 0 aliphatic rings. The summed E-state index contributed by atoms with van der Waals surface area (Å²) in [4.78, 5) is 4.78. The van der Waals surface area contributed by atoms with Gasteiger partial charge in [-0.1, -0.05) is 26.2 Å². The Labute approximate surface area is 132 Å². The molecule has 2 heterocycles. The first kappa shape index (κ1) is 16.3. The quantitative estimate of drug-likeness (QED) is 0.533. The maximum absolute atomic E-state index is 6.38. The molecule has 5 heteroatoms. The minimum Gasteiger partial charge on any atom is -0.309 e. The number of aromatic nitrogens is 4. The Hall–Kier alpha value is -1.03. The van der Waals surface area contributed by atoms with Crippen molar-refractivity contribution in [1.29, 1.82) is 0 Å². The van der Waals surface area contributed by atoms with Crippen molar-refractivity contribution in [3.63, 3.8) is 0 Å². The second-order valence-electron chi connectivity index (χ2n) is 5.87. The first-order valence-electron chi connectivity index (χ1n) is 8.10. The predicted octanol–water partition coefficient (Wildman–Crippen LogP) is 5.00. The smallest absolute Gasteiger partial charge is 0.159 e. The van der Waals surface area contributed by atoms with E-state index in [1.54, 1.807) is 0 Å². The van der Waals surface area contributed by atoms with Crippen LogP contribution < -0.4 is 0 Å². The van der Waals surface area contributed by atoms with Gasteiger partial charge in [0.1, 0.15) is 11.3 Å². The fourth-order valence-electron chi connectivity index (χ4n) is 2.96. The van der Waals surface area contributed by atoms with Crippen molar-refractivity contribution in [2.75, 3.05) is 0 Å². The van der Waals surface area contributed by atoms with Crippen LogP contribution in [0.3, 0.4) is 0 Å². The molecule has 2 rings (SSSR count). The summed E-state index contributed by atoms with van der Waals surface area (Å²) < 4.78 is 4.36. The van der Waals surface area contributed by atoms with Gasteiger partial charge in [-0.15, -0.1) is 11.6 Å². The molecule has 0 aliphatic carbocycles. The number of fused-ring (bicyclic) bond motifs is 1. The van der Waals surface area contributed by atoms with Crippen LogP contribution in [0.2, 0.25) is 0 Å². The molecule has 0 N–H and O–H groups in total. The van der Waals surface area contributed by atoms with Crippen molar-refractivity contribution in [2.24, 2.45) is 0 Å². The summed E-state index contributed by atoms with van der Waals surface area (Å²) in [5, 5.41) is 4.51. The van der Waals surface area contributed by atoms with Crippen molar-refractivity contribution in [3.05, 3.63) is 11.5 Å². The molecule has 0 aromatic carbocycles. The zero-order chi connectivity index (χ0) is 15.6. The van der Waals surface area contributed by atoms with Gasteiger partial charge in [0, 0.05) is 12.6 Å². The Balaban J connectivity index is 2.49. The van der Waals surface area contributed by atoms with Gasteiger partial charge in [-0.3, -0.25) is 0 Å². The van der Waals surface area contributed by atoms with E-state index in [2.05, 4.69) is 35.1 Å². The Morgan fingerprint density at radius 1 is 1.19 bits per heavy atom. The summed E-state index contributed by atoms with van der Waals surface area (Å²) in [6, 6.07) is 0.402. The zero-order valence-electron chi connectivity index (χ0n) is 13.9. The predicted molar refractivity (Wildman–Crippen MR) is 89.1 cm³/mol. The molecule has 0 spiro atoms. The normalized spacial score (nSPS) is 14.8. The number of aryl methyl sites for hydroxylation is 2. The molecule has 4 nitrogen and oxygen atoms in total. The lowest BCUT2D eigenvalue weighted by atomic mass is 10.1. The Morgan fingerprint density at radius 2 is 1.90 bits per heavy atom. The molecular weight excluding hydrogens is 284 g/mol. The van der Waals surface area contributed by atoms with Crippen molar-refractivity contribution in [2.45, 2.75) is 78.3 Å². The number of unbranched alkanes of at least 4 members (excludes halogenated alkanes) is 2. The molecule has 0 radical (unpaired) electrons. The van der Waals surface area contributed by atoms with Gasteiger partial charge in [-0.05, 0) is 34.1 Å². The van der Waals surface area contributed by atoms with Crippen LogP contribution in [0.25, 0.3) is 11.2 Å². The number of alkyl halides is 1. The highest BCUT2D eigenvalue weighted by molar-refractivity contribution is 6.20. The summed E-state index contributed by atoms with van der Waals surface area (Å²) in [6.45, 7) is 11.5. The van der Waals surface area contributed by atoms with Crippen LogP contribution in [0.4, 0.5) is 0 Å². The van der Waals surface area contributed by atoms with Gasteiger partial charge in [0.2, 0.25) is 0 Å². The molecule has 118 valence electrons. The number of nitrogens with zero attached hydrogens (tertiary/aromatic N) is 4. The monoisotopic (exact) mass is 310 g/mol. The van der Waals surface area contributed by atoms with Gasteiger partial charge in [0.15, 0.2) is 5.65 Å². The molecule has 2 aromatic rings. The lowest BCUT2D eigenvalue weighted by Crippen LogP contribution is -2.13. The fraction of sp³-hybridized carbons (Fsp3) is 0.750. The van der Waals surface area contributed by atoms with E-state index in [1.807, 2.05) is 13.8 Å². The van der Waals surface area contributed by atoms with Gasteiger partial charge < -0.3 is 4.57 Å². The molecule has 0 saturated carbocycles. The minimum absolute atomic E-state index is 0.0873. The Morgan fingerprint density at radius 3 is 2.48 bits per heavy atom. The summed E-state index contributed by atoms with van der Waals surface area (Å²) in [7, 11) is 0. The number of hydrogen-bond donors (Lipinski definition) is 0. The first-order valence-corrected chi connectivity index (χ1v) is 8.54. The number of halogens is 1. The number of hydrogen-bond acceptors (Lipinski definition) is 2. The van der Waals surface area contributed by atoms with E-state index in [9.17, 15) is 0 Å². The van der Waals surface area contributed by atoms with Gasteiger partial charge in [0.25, 0.3) is 0 Å². The minimum atomic E-state index is -0.0873. The fourth-order valence-corrected chi connectivity index (χ4v) is 3.11. The molecule has 0 aliphatic heterocycles. The summed E-state index contributed by atoms with van der Waals surface area (Å²) in [5.41, 5.74) is 3.12. The first-order chi connectivity index (χ1) is 10.0. The standard InChI is InChI=1S/C16H27ClN4/c1-6-8-9-10-11(3)21-15(12(4)17)18-14-13(5)19-20(7-2)16(14)21/h11-12H,6-10H2,1-5H3. The number of rotatable bonds is 7. The average molecular weight is 311 g/mol. The molecule has 21 heavy (non-hydrogen) atoms. The lowest BCUT2D eigenvalue weighted by Gasteiger charge is -2.19. The van der Waals surface area contributed by atoms with Gasteiger partial charge in [-0.25, -0.2) is 9.67 Å². The highest BCUT2D eigenvalue weighted by Gasteiger charge is 2.23. The lowest BCUT2D eigenvalue weighted by molar-refractivity contribution is 0.462. The second kappa shape index (κ2) is 6.82. The third kappa shape index (κ3) is 3.10. The van der Waals surface area contributed by atoms with E-state index in [0.717, 1.165) is 35.6 Å². The molecule has 0 bridgehead atoms. The Kier molecular flexibility index (Phi) is 5.31. The molecule has 2 unspecified atom stereocenters. The van der Waals surface area contributed by atoms with Crippen molar-refractivity contribution >= 4 is 22.8 Å². The van der Waals surface area contributed by atoms with E-state index < -0.39 is 0 Å². The number of imidazole rings is 1. The van der Waals surface area contributed by atoms with Crippen LogP contribution in [-0.4, -0.2) is 19.3 Å². The summed E-state index contributed by atoms with van der Waals surface area (Å²) >= 11 is 6.38. The maximum Gasteiger partial charge on any atom is 0.159 e. The van der Waals surface area contributed by atoms with Crippen molar-refractivity contribution < 1.29 is 0 Å². The van der Waals surface area contributed by atoms with Crippen LogP contribution in [0.5, 0.6) is 0 Å². The van der Waals surface area contributed by atoms with Crippen LogP contribution >= 0.6 is 11.6 Å². The third-order valence-corrected chi connectivity index (χ3v) is 4.29. The molecule has 0 fully saturated rings. The van der Waals surface area contributed by atoms with Crippen LogP contribution in [0, 0.1) is 6.92 Å². The topological polar surface area (TPSA) is 35.6 Å². The molecule has 2 aromatic heterocycles. The second-order valence-corrected chi connectivity index (χ2v) is 6.53.